The fraction of sp³-hybridized carbons (Fsp3) is 0.379. The molecule has 36 heavy (non-hydrogen) atoms. The maximum atomic E-state index is 6.37. The first-order chi connectivity index (χ1) is 17.6. The summed E-state index contributed by atoms with van der Waals surface area (Å²) in [4.78, 5) is 15.8. The third-order valence-electron chi connectivity index (χ3n) is 6.37. The van der Waals surface area contributed by atoms with E-state index in [-0.39, 0.29) is 12.1 Å². The van der Waals surface area contributed by atoms with Crippen LogP contribution in [0.25, 0.3) is 33.6 Å². The molecular formula is C29H38N6O. The van der Waals surface area contributed by atoms with Crippen LogP contribution in [-0.4, -0.2) is 39.2 Å². The molecule has 0 aliphatic carbocycles. The van der Waals surface area contributed by atoms with Crippen molar-refractivity contribution in [2.45, 2.75) is 58.7 Å². The molecule has 0 fully saturated rings. The van der Waals surface area contributed by atoms with E-state index in [1.54, 1.807) is 0 Å². The van der Waals surface area contributed by atoms with Crippen LogP contribution in [0.4, 0.5) is 0 Å². The van der Waals surface area contributed by atoms with Crippen molar-refractivity contribution in [1.82, 2.24) is 25.3 Å². The van der Waals surface area contributed by atoms with Crippen molar-refractivity contribution in [1.29, 1.82) is 0 Å². The maximum Gasteiger partial charge on any atom is 0.126 e. The second-order valence-electron chi connectivity index (χ2n) is 9.21. The van der Waals surface area contributed by atoms with Crippen LogP contribution in [0.15, 0.2) is 60.9 Å². The van der Waals surface area contributed by atoms with E-state index in [0.29, 0.717) is 0 Å². The topological polar surface area (TPSA) is 105 Å². The minimum Gasteiger partial charge on any atom is -0.376 e. The fourth-order valence-electron chi connectivity index (χ4n) is 4.06. The number of aromatic nitrogens is 4. The van der Waals surface area contributed by atoms with Gasteiger partial charge in [-0.1, -0.05) is 68.8 Å². The number of nitrogens with two attached hydrogens (primary N) is 1. The number of imidazole rings is 2. The number of benzene rings is 2. The summed E-state index contributed by atoms with van der Waals surface area (Å²) in [5.41, 5.74) is 12.9. The Hall–Kier alpha value is -3.26. The number of rotatable bonds is 13. The molecule has 0 unspecified atom stereocenters. The van der Waals surface area contributed by atoms with Gasteiger partial charge in [-0.3, -0.25) is 0 Å². The second-order valence-corrected chi connectivity index (χ2v) is 9.21. The van der Waals surface area contributed by atoms with E-state index >= 15 is 0 Å². The average molecular weight is 487 g/mol. The number of nitrogens with one attached hydrogen (secondary N) is 3. The third-order valence-corrected chi connectivity index (χ3v) is 6.37. The Morgan fingerprint density at radius 3 is 2.03 bits per heavy atom. The average Bonchev–Trinajstić information content (AvgIpc) is 3.59. The summed E-state index contributed by atoms with van der Waals surface area (Å²) in [7, 11) is 0. The molecule has 2 atom stereocenters. The van der Waals surface area contributed by atoms with Gasteiger partial charge in [0.2, 0.25) is 0 Å². The summed E-state index contributed by atoms with van der Waals surface area (Å²) < 4.78 is 5.84. The molecule has 0 bridgehead atoms. The van der Waals surface area contributed by atoms with E-state index in [1.807, 2.05) is 19.3 Å². The molecule has 4 rings (SSSR count). The summed E-state index contributed by atoms with van der Waals surface area (Å²) in [6.45, 7) is 8.78. The van der Waals surface area contributed by atoms with Gasteiger partial charge in [-0.05, 0) is 48.6 Å². The van der Waals surface area contributed by atoms with E-state index in [9.17, 15) is 0 Å². The zero-order valence-corrected chi connectivity index (χ0v) is 21.6. The molecular weight excluding hydrogens is 448 g/mol. The lowest BCUT2D eigenvalue weighted by atomic mass is 10.0. The largest absolute Gasteiger partial charge is 0.376 e. The lowest BCUT2D eigenvalue weighted by Gasteiger charge is -2.18. The molecule has 0 aliphatic rings. The highest BCUT2D eigenvalue weighted by Crippen LogP contribution is 2.27. The number of H-pyrrole nitrogens is 2. The zero-order chi connectivity index (χ0) is 25.3. The van der Waals surface area contributed by atoms with Crippen LogP contribution in [0.5, 0.6) is 0 Å². The molecule has 2 heterocycles. The van der Waals surface area contributed by atoms with Crippen LogP contribution in [0.2, 0.25) is 0 Å². The lowest BCUT2D eigenvalue weighted by Crippen LogP contribution is -2.27. The van der Waals surface area contributed by atoms with Crippen molar-refractivity contribution < 1.29 is 4.74 Å². The number of hydrogen-bond donors (Lipinski definition) is 4. The number of nitrogens with zero attached hydrogens (tertiary/aromatic N) is 2. The number of unbranched alkanes of at least 4 members (excludes halogenated alkanes) is 1. The normalized spacial score (nSPS) is 13.1. The monoisotopic (exact) mass is 486 g/mol. The van der Waals surface area contributed by atoms with Crippen molar-refractivity contribution in [2.24, 2.45) is 5.73 Å². The smallest absolute Gasteiger partial charge is 0.126 e. The number of hydrogen-bond acceptors (Lipinski definition) is 5. The Kier molecular flexibility index (Phi) is 9.06. The summed E-state index contributed by atoms with van der Waals surface area (Å²) in [6.07, 6.45) is 6.91. The van der Waals surface area contributed by atoms with E-state index in [2.05, 4.69) is 87.6 Å². The van der Waals surface area contributed by atoms with Gasteiger partial charge < -0.3 is 25.8 Å². The van der Waals surface area contributed by atoms with Gasteiger partial charge in [0.1, 0.15) is 11.6 Å². The molecule has 7 nitrogen and oxygen atoms in total. The lowest BCUT2D eigenvalue weighted by molar-refractivity contribution is 0.0446. The molecule has 5 N–H and O–H groups in total. The van der Waals surface area contributed by atoms with Gasteiger partial charge in [-0.25, -0.2) is 9.97 Å². The highest BCUT2D eigenvalue weighted by Gasteiger charge is 2.19. The first-order valence-corrected chi connectivity index (χ1v) is 13.0. The molecule has 0 saturated heterocycles. The second kappa shape index (κ2) is 12.6. The van der Waals surface area contributed by atoms with Crippen LogP contribution in [-0.2, 0) is 11.3 Å². The van der Waals surface area contributed by atoms with E-state index in [4.69, 9.17) is 10.5 Å². The van der Waals surface area contributed by atoms with Gasteiger partial charge in [-0.2, -0.15) is 0 Å². The van der Waals surface area contributed by atoms with Gasteiger partial charge in [0.15, 0.2) is 0 Å². The Bertz CT molecular complexity index is 1200. The van der Waals surface area contributed by atoms with Gasteiger partial charge in [0.05, 0.1) is 42.5 Å². The maximum absolute atomic E-state index is 6.37. The Morgan fingerprint density at radius 2 is 1.42 bits per heavy atom. The van der Waals surface area contributed by atoms with Crippen LogP contribution >= 0.6 is 0 Å². The Morgan fingerprint density at radius 1 is 0.833 bits per heavy atom. The highest BCUT2D eigenvalue weighted by atomic mass is 16.5. The number of aromatic amines is 2. The summed E-state index contributed by atoms with van der Waals surface area (Å²) in [5, 5.41) is 3.37. The van der Waals surface area contributed by atoms with Crippen LogP contribution in [0.1, 0.15) is 57.7 Å². The Labute approximate surface area is 213 Å². The summed E-state index contributed by atoms with van der Waals surface area (Å²) in [5.74, 6) is 1.70. The van der Waals surface area contributed by atoms with Crippen molar-refractivity contribution in [3.63, 3.8) is 0 Å². The van der Waals surface area contributed by atoms with Gasteiger partial charge in [0, 0.05) is 6.61 Å². The van der Waals surface area contributed by atoms with Crippen LogP contribution in [0, 0.1) is 0 Å². The minimum absolute atomic E-state index is 0.0908. The predicted octanol–water partition coefficient (Wildman–Crippen LogP) is 5.84. The molecule has 0 saturated carbocycles. The van der Waals surface area contributed by atoms with E-state index in [0.717, 1.165) is 78.7 Å². The first kappa shape index (κ1) is 25.8. The van der Waals surface area contributed by atoms with Gasteiger partial charge in [-0.15, -0.1) is 0 Å². The van der Waals surface area contributed by atoms with E-state index in [1.165, 1.54) is 5.56 Å². The molecule has 2 aromatic heterocycles. The molecule has 4 aromatic rings. The minimum atomic E-state index is -0.285. The molecule has 0 radical (unpaired) electrons. The molecule has 7 heteroatoms. The number of ether oxygens (including phenoxy) is 1. The molecule has 0 spiro atoms. The van der Waals surface area contributed by atoms with Crippen LogP contribution in [0.3, 0.4) is 0 Å². The quantitative estimate of drug-likeness (QED) is 0.178. The molecule has 0 aliphatic heterocycles. The van der Waals surface area contributed by atoms with E-state index < -0.39 is 0 Å². The van der Waals surface area contributed by atoms with Crippen molar-refractivity contribution in [3.05, 3.63) is 72.6 Å². The molecule has 0 amide bonds. The van der Waals surface area contributed by atoms with Crippen molar-refractivity contribution in [2.75, 3.05) is 13.2 Å². The standard InChI is InChI=1S/C29H38N6O/c1-4-6-16-36-20(3)28(30)29-33-18-26(35-29)24-13-9-22(10-14-24)21-7-11-23(12-8-21)25-17-32-27(34-25)19-31-15-5-2/h7-14,17-18,20,28,31H,4-6,15-16,19,30H2,1-3H3,(H,32,34)(H,33,35)/t20-,28+/m1/s1. The highest BCUT2D eigenvalue weighted by molar-refractivity contribution is 5.71. The summed E-state index contributed by atoms with van der Waals surface area (Å²) in [6, 6.07) is 16.8. The van der Waals surface area contributed by atoms with Gasteiger partial charge in [0.25, 0.3) is 0 Å². The molecule has 190 valence electrons. The Balaban J connectivity index is 1.39. The SMILES string of the molecule is CCCCO[C@H](C)[C@H](N)c1ncc(-c2ccc(-c3ccc(-c4cnc(CNCCC)[nH]4)cc3)cc2)[nH]1. The van der Waals surface area contributed by atoms with Crippen molar-refractivity contribution in [3.8, 4) is 33.6 Å². The van der Waals surface area contributed by atoms with Gasteiger partial charge >= 0.3 is 0 Å². The van der Waals surface area contributed by atoms with Crippen LogP contribution < -0.4 is 11.1 Å². The first-order valence-electron chi connectivity index (χ1n) is 13.0. The predicted molar refractivity (Wildman–Crippen MR) is 146 cm³/mol. The van der Waals surface area contributed by atoms with Crippen molar-refractivity contribution >= 4 is 0 Å². The summed E-state index contributed by atoms with van der Waals surface area (Å²) >= 11 is 0. The molecule has 2 aromatic carbocycles. The fourth-order valence-corrected chi connectivity index (χ4v) is 4.06. The third kappa shape index (κ3) is 6.49. The zero-order valence-electron chi connectivity index (χ0n) is 21.6.